The molecule has 0 unspecified atom stereocenters. The van der Waals surface area contributed by atoms with Gasteiger partial charge in [-0.1, -0.05) is 11.6 Å². The van der Waals surface area contributed by atoms with Crippen molar-refractivity contribution in [2.24, 2.45) is 0 Å². The zero-order chi connectivity index (χ0) is 16.3. The first-order chi connectivity index (χ1) is 10.5. The monoisotopic (exact) mass is 436 g/mol. The highest BCUT2D eigenvalue weighted by Gasteiger charge is 2.34. The van der Waals surface area contributed by atoms with Crippen molar-refractivity contribution in [3.63, 3.8) is 0 Å². The van der Waals surface area contributed by atoms with E-state index in [1.165, 1.54) is 12.0 Å². The van der Waals surface area contributed by atoms with Crippen molar-refractivity contribution in [1.29, 1.82) is 0 Å². The average Bonchev–Trinajstić information content (AvgIpc) is 2.80. The molecule has 0 aromatic heterocycles. The van der Waals surface area contributed by atoms with E-state index in [2.05, 4.69) is 27.9 Å². The van der Waals surface area contributed by atoms with Crippen LogP contribution in [0.15, 0.2) is 29.5 Å². The number of β-amino-alcohol motifs (C(OH)–C–C–N with tert-alkyl or cyclic N) is 1. The summed E-state index contributed by atoms with van der Waals surface area (Å²) in [6.45, 7) is 0.0767. The first-order valence-corrected chi connectivity index (χ1v) is 7.87. The lowest BCUT2D eigenvalue weighted by Gasteiger charge is -2.15. The van der Waals surface area contributed by atoms with Gasteiger partial charge in [0.1, 0.15) is 5.70 Å². The molecule has 0 saturated carbocycles. The zero-order valence-electron chi connectivity index (χ0n) is 11.7. The van der Waals surface area contributed by atoms with Crippen LogP contribution in [0.4, 0.5) is 5.69 Å². The molecule has 1 aromatic rings. The molecule has 1 aliphatic rings. The maximum atomic E-state index is 12.3. The van der Waals surface area contributed by atoms with Crippen LogP contribution in [0.5, 0.6) is 0 Å². The summed E-state index contributed by atoms with van der Waals surface area (Å²) in [5.41, 5.74) is 0.981. The molecular weight excluding hydrogens is 423 g/mol. The zero-order valence-corrected chi connectivity index (χ0v) is 14.6. The summed E-state index contributed by atoms with van der Waals surface area (Å²) >= 11 is 8.15. The average molecular weight is 437 g/mol. The van der Waals surface area contributed by atoms with E-state index in [1.54, 1.807) is 18.2 Å². The quantitative estimate of drug-likeness (QED) is 0.542. The number of aliphatic hydroxyl groups excluding tert-OH is 1. The van der Waals surface area contributed by atoms with Crippen molar-refractivity contribution in [2.75, 3.05) is 32.1 Å². The molecule has 1 heterocycles. The van der Waals surface area contributed by atoms with E-state index in [1.807, 2.05) is 0 Å². The Balaban J connectivity index is 2.32. The van der Waals surface area contributed by atoms with Crippen molar-refractivity contribution in [3.05, 3.63) is 38.1 Å². The molecule has 0 atom stereocenters. The molecule has 0 spiro atoms. The predicted octanol–water partition coefficient (Wildman–Crippen LogP) is 1.62. The van der Waals surface area contributed by atoms with Gasteiger partial charge in [-0.25, -0.2) is 4.79 Å². The van der Waals surface area contributed by atoms with Gasteiger partial charge in [0.05, 0.1) is 30.9 Å². The smallest absolute Gasteiger partial charge is 0.337 e. The van der Waals surface area contributed by atoms with Crippen molar-refractivity contribution < 1.29 is 19.4 Å². The molecule has 0 fully saturated rings. The van der Waals surface area contributed by atoms with Crippen LogP contribution >= 0.6 is 34.2 Å². The van der Waals surface area contributed by atoms with Gasteiger partial charge < -0.3 is 20.1 Å². The lowest BCUT2D eigenvalue weighted by Crippen LogP contribution is -2.31. The van der Waals surface area contributed by atoms with Crippen LogP contribution in [-0.2, 0) is 14.3 Å². The highest BCUT2D eigenvalue weighted by molar-refractivity contribution is 14.1. The Morgan fingerprint density at radius 1 is 1.55 bits per heavy atom. The van der Waals surface area contributed by atoms with E-state index in [0.29, 0.717) is 10.7 Å². The standard InChI is InChI=1S/C14H14ClIN2O4/c1-22-14(21)9-7-18(4-5-19)13(20)12(9)17-8-2-3-11(16)10(15)6-8/h2-3,6,17,19H,4-5,7H2,1H3. The summed E-state index contributed by atoms with van der Waals surface area (Å²) in [6, 6.07) is 5.24. The minimum Gasteiger partial charge on any atom is -0.466 e. The second-order valence-electron chi connectivity index (χ2n) is 4.55. The van der Waals surface area contributed by atoms with Crippen molar-refractivity contribution in [2.45, 2.75) is 0 Å². The SMILES string of the molecule is COC(=O)C1=C(Nc2ccc(I)c(Cl)c2)C(=O)N(CCO)C1. The minimum atomic E-state index is -0.576. The normalized spacial score (nSPS) is 14.5. The molecule has 2 rings (SSSR count). The summed E-state index contributed by atoms with van der Waals surface area (Å²) in [5.74, 6) is -0.933. The van der Waals surface area contributed by atoms with Gasteiger partial charge >= 0.3 is 5.97 Å². The molecule has 1 aliphatic heterocycles. The second kappa shape index (κ2) is 7.30. The lowest BCUT2D eigenvalue weighted by molar-refractivity contribution is -0.136. The molecule has 0 radical (unpaired) electrons. The first-order valence-electron chi connectivity index (χ1n) is 6.41. The minimum absolute atomic E-state index is 0.104. The third-order valence-electron chi connectivity index (χ3n) is 3.14. The highest BCUT2D eigenvalue weighted by Crippen LogP contribution is 2.26. The largest absolute Gasteiger partial charge is 0.466 e. The molecule has 6 nitrogen and oxygen atoms in total. The number of aliphatic hydroxyl groups is 1. The molecule has 0 saturated heterocycles. The molecule has 1 aromatic carbocycles. The maximum Gasteiger partial charge on any atom is 0.337 e. The van der Waals surface area contributed by atoms with Crippen molar-refractivity contribution in [3.8, 4) is 0 Å². The van der Waals surface area contributed by atoms with Crippen LogP contribution in [0.3, 0.4) is 0 Å². The Morgan fingerprint density at radius 3 is 2.86 bits per heavy atom. The molecular formula is C14H14ClIN2O4. The van der Waals surface area contributed by atoms with E-state index in [-0.39, 0.29) is 36.9 Å². The van der Waals surface area contributed by atoms with Crippen LogP contribution in [0.2, 0.25) is 5.02 Å². The van der Waals surface area contributed by atoms with Crippen molar-refractivity contribution in [1.82, 2.24) is 4.90 Å². The number of ether oxygens (including phenoxy) is 1. The maximum absolute atomic E-state index is 12.3. The Labute approximate surface area is 146 Å². The topological polar surface area (TPSA) is 78.9 Å². The number of hydrogen-bond donors (Lipinski definition) is 2. The predicted molar refractivity (Wildman–Crippen MR) is 90.5 cm³/mol. The summed E-state index contributed by atoms with van der Waals surface area (Å²) in [4.78, 5) is 25.6. The van der Waals surface area contributed by atoms with Crippen LogP contribution in [0, 0.1) is 3.57 Å². The molecule has 2 N–H and O–H groups in total. The van der Waals surface area contributed by atoms with Crippen LogP contribution in [-0.4, -0.2) is 48.7 Å². The third kappa shape index (κ3) is 3.53. The molecule has 0 aliphatic carbocycles. The first kappa shape index (κ1) is 17.0. The van der Waals surface area contributed by atoms with Gasteiger partial charge in [0.25, 0.3) is 5.91 Å². The summed E-state index contributed by atoms with van der Waals surface area (Å²) in [7, 11) is 1.26. The second-order valence-corrected chi connectivity index (χ2v) is 6.12. The number of carbonyl (C=O) groups excluding carboxylic acids is 2. The molecule has 1 amide bonds. The lowest BCUT2D eigenvalue weighted by atomic mass is 10.2. The number of anilines is 1. The van der Waals surface area contributed by atoms with Crippen LogP contribution < -0.4 is 5.32 Å². The Hall–Kier alpha value is -1.32. The van der Waals surface area contributed by atoms with E-state index < -0.39 is 5.97 Å². The number of halogens is 2. The number of hydrogen-bond acceptors (Lipinski definition) is 5. The number of nitrogens with zero attached hydrogens (tertiary/aromatic N) is 1. The van der Waals surface area contributed by atoms with Crippen molar-refractivity contribution >= 4 is 51.8 Å². The van der Waals surface area contributed by atoms with Gasteiger partial charge in [0.2, 0.25) is 0 Å². The summed E-state index contributed by atoms with van der Waals surface area (Å²) in [6.07, 6.45) is 0. The Morgan fingerprint density at radius 2 is 2.27 bits per heavy atom. The fourth-order valence-electron chi connectivity index (χ4n) is 2.07. The number of methoxy groups -OCH3 is 1. The van der Waals surface area contributed by atoms with E-state index in [4.69, 9.17) is 21.4 Å². The number of carbonyl (C=O) groups is 2. The fourth-order valence-corrected chi connectivity index (χ4v) is 2.58. The number of amides is 1. The van der Waals surface area contributed by atoms with Gasteiger partial charge in [-0.3, -0.25) is 4.79 Å². The fraction of sp³-hybridized carbons (Fsp3) is 0.286. The van der Waals surface area contributed by atoms with E-state index >= 15 is 0 Å². The van der Waals surface area contributed by atoms with Gasteiger partial charge in [0.15, 0.2) is 0 Å². The summed E-state index contributed by atoms with van der Waals surface area (Å²) in [5, 5.41) is 12.5. The summed E-state index contributed by atoms with van der Waals surface area (Å²) < 4.78 is 5.60. The van der Waals surface area contributed by atoms with Crippen LogP contribution in [0.25, 0.3) is 0 Å². The van der Waals surface area contributed by atoms with Gasteiger partial charge in [-0.05, 0) is 40.8 Å². The number of benzene rings is 1. The number of rotatable bonds is 5. The number of esters is 1. The van der Waals surface area contributed by atoms with E-state index in [0.717, 1.165) is 3.57 Å². The van der Waals surface area contributed by atoms with Gasteiger partial charge in [0, 0.05) is 15.8 Å². The van der Waals surface area contributed by atoms with Gasteiger partial charge in [-0.2, -0.15) is 0 Å². The molecule has 22 heavy (non-hydrogen) atoms. The van der Waals surface area contributed by atoms with Crippen LogP contribution in [0.1, 0.15) is 0 Å². The Kier molecular flexibility index (Phi) is 5.65. The molecule has 0 bridgehead atoms. The van der Waals surface area contributed by atoms with E-state index in [9.17, 15) is 9.59 Å². The Bertz CT molecular complexity index is 648. The third-order valence-corrected chi connectivity index (χ3v) is 4.71. The van der Waals surface area contributed by atoms with Gasteiger partial charge in [-0.15, -0.1) is 0 Å². The number of nitrogens with one attached hydrogen (secondary N) is 1. The molecule has 8 heteroatoms. The highest BCUT2D eigenvalue weighted by atomic mass is 127. The molecule has 118 valence electrons.